The van der Waals surface area contributed by atoms with Crippen molar-refractivity contribution in [2.75, 3.05) is 0 Å². The van der Waals surface area contributed by atoms with E-state index in [9.17, 15) is 14.4 Å². The standard InChI is InChI=1S/C36H50O3.C3H8/c1-10-12-27(29(11-2)33(38)17-23(5)37)18-25-19-32-30(22(3)4)21-31(24(6)35(32)34(39)20-25)26-13-15-28(16-14-26)36(7,8)9;1-3-2/h13-16,21-22,25,27,29H,10-12,17-20H2,1-9H3;3H2,1-2H3. The molecule has 0 bridgehead atoms. The third-order valence-corrected chi connectivity index (χ3v) is 8.80. The Hall–Kier alpha value is -2.55. The third kappa shape index (κ3) is 8.98. The number of hydrogen-bond donors (Lipinski definition) is 0. The first-order valence-electron chi connectivity index (χ1n) is 16.5. The lowest BCUT2D eigenvalue weighted by Gasteiger charge is -2.33. The summed E-state index contributed by atoms with van der Waals surface area (Å²) in [5, 5.41) is 0. The van der Waals surface area contributed by atoms with Gasteiger partial charge in [-0.25, -0.2) is 0 Å². The van der Waals surface area contributed by atoms with Crippen molar-refractivity contribution >= 4 is 17.3 Å². The van der Waals surface area contributed by atoms with Crippen molar-refractivity contribution in [2.24, 2.45) is 17.8 Å². The largest absolute Gasteiger partial charge is 0.300 e. The predicted molar refractivity (Wildman–Crippen MR) is 179 cm³/mol. The molecule has 0 aromatic heterocycles. The van der Waals surface area contributed by atoms with Crippen molar-refractivity contribution in [2.45, 2.75) is 139 Å². The van der Waals surface area contributed by atoms with Gasteiger partial charge >= 0.3 is 0 Å². The number of hydrogen-bond acceptors (Lipinski definition) is 3. The minimum absolute atomic E-state index is 0.0291. The van der Waals surface area contributed by atoms with Crippen LogP contribution in [0.25, 0.3) is 11.1 Å². The van der Waals surface area contributed by atoms with Crippen LogP contribution in [0.3, 0.4) is 0 Å². The van der Waals surface area contributed by atoms with Crippen LogP contribution < -0.4 is 0 Å². The highest BCUT2D eigenvalue weighted by Crippen LogP contribution is 2.42. The van der Waals surface area contributed by atoms with Gasteiger partial charge in [0.15, 0.2) is 5.78 Å². The zero-order chi connectivity index (χ0) is 31.8. The van der Waals surface area contributed by atoms with Crippen LogP contribution in [0.15, 0.2) is 30.3 Å². The molecule has 0 aliphatic heterocycles. The van der Waals surface area contributed by atoms with Crippen LogP contribution in [-0.2, 0) is 21.4 Å². The second-order valence-corrected chi connectivity index (χ2v) is 14.0. The summed E-state index contributed by atoms with van der Waals surface area (Å²) >= 11 is 0. The van der Waals surface area contributed by atoms with E-state index >= 15 is 0 Å². The van der Waals surface area contributed by atoms with E-state index in [-0.39, 0.29) is 46.9 Å². The van der Waals surface area contributed by atoms with E-state index in [4.69, 9.17) is 0 Å². The Kier molecular flexibility index (Phi) is 13.4. The smallest absolute Gasteiger partial charge is 0.163 e. The molecule has 3 unspecified atom stereocenters. The van der Waals surface area contributed by atoms with Crippen LogP contribution >= 0.6 is 0 Å². The number of carbonyl (C=O) groups is 3. The van der Waals surface area contributed by atoms with Gasteiger partial charge < -0.3 is 0 Å². The molecule has 0 radical (unpaired) electrons. The first-order valence-corrected chi connectivity index (χ1v) is 16.5. The molecular weight excluding hydrogens is 516 g/mol. The van der Waals surface area contributed by atoms with E-state index in [2.05, 4.69) is 99.6 Å². The third-order valence-electron chi connectivity index (χ3n) is 8.80. The molecule has 3 rings (SSSR count). The zero-order valence-electron chi connectivity index (χ0n) is 28.6. The number of rotatable bonds is 11. The summed E-state index contributed by atoms with van der Waals surface area (Å²) in [6.07, 6.45) is 6.28. The van der Waals surface area contributed by atoms with E-state index < -0.39 is 0 Å². The molecule has 0 spiro atoms. The van der Waals surface area contributed by atoms with Gasteiger partial charge in [-0.3, -0.25) is 14.4 Å². The molecule has 2 aromatic carbocycles. The molecular formula is C39H58O3. The molecule has 3 heteroatoms. The molecule has 1 aliphatic carbocycles. The van der Waals surface area contributed by atoms with E-state index in [0.717, 1.165) is 54.4 Å². The average molecular weight is 575 g/mol. The summed E-state index contributed by atoms with van der Waals surface area (Å²) in [5.74, 6) is 0.917. The molecule has 42 heavy (non-hydrogen) atoms. The fourth-order valence-electron chi connectivity index (χ4n) is 6.79. The fraction of sp³-hybridized carbons (Fsp3) is 0.615. The van der Waals surface area contributed by atoms with Gasteiger partial charge in [-0.1, -0.05) is 112 Å². The number of fused-ring (bicyclic) bond motifs is 1. The molecule has 3 atom stereocenters. The van der Waals surface area contributed by atoms with E-state index in [1.165, 1.54) is 30.0 Å². The first-order chi connectivity index (χ1) is 19.7. The summed E-state index contributed by atoms with van der Waals surface area (Å²) in [6, 6.07) is 11.2. The van der Waals surface area contributed by atoms with Crippen molar-refractivity contribution in [3.8, 4) is 11.1 Å². The Labute approximate surface area is 257 Å². The summed E-state index contributed by atoms with van der Waals surface area (Å²) in [7, 11) is 0. The summed E-state index contributed by atoms with van der Waals surface area (Å²) < 4.78 is 0. The highest BCUT2D eigenvalue weighted by atomic mass is 16.1. The van der Waals surface area contributed by atoms with Gasteiger partial charge in [0.2, 0.25) is 0 Å². The van der Waals surface area contributed by atoms with Gasteiger partial charge in [-0.2, -0.15) is 0 Å². The Morgan fingerprint density at radius 1 is 0.976 bits per heavy atom. The highest BCUT2D eigenvalue weighted by molar-refractivity contribution is 6.02. The summed E-state index contributed by atoms with van der Waals surface area (Å²) in [4.78, 5) is 38.4. The maximum atomic E-state index is 13.8. The summed E-state index contributed by atoms with van der Waals surface area (Å²) in [6.45, 7) is 23.2. The zero-order valence-corrected chi connectivity index (χ0v) is 28.6. The molecule has 2 aromatic rings. The minimum Gasteiger partial charge on any atom is -0.300 e. The van der Waals surface area contributed by atoms with Gasteiger partial charge in [0, 0.05) is 17.9 Å². The van der Waals surface area contributed by atoms with E-state index in [0.29, 0.717) is 12.3 Å². The summed E-state index contributed by atoms with van der Waals surface area (Å²) in [5.41, 5.74) is 8.24. The first kappa shape index (κ1) is 35.6. The Bertz CT molecular complexity index is 1210. The van der Waals surface area contributed by atoms with Gasteiger partial charge in [0.1, 0.15) is 11.6 Å². The molecule has 0 fully saturated rings. The molecule has 0 N–H and O–H groups in total. The lowest BCUT2D eigenvalue weighted by molar-refractivity contribution is -0.129. The molecule has 1 aliphatic rings. The second-order valence-electron chi connectivity index (χ2n) is 14.0. The van der Waals surface area contributed by atoms with Crippen molar-refractivity contribution in [1.29, 1.82) is 0 Å². The van der Waals surface area contributed by atoms with Crippen molar-refractivity contribution < 1.29 is 14.4 Å². The quantitative estimate of drug-likeness (QED) is 0.251. The molecule has 0 saturated carbocycles. The minimum atomic E-state index is -0.102. The molecule has 0 heterocycles. The number of benzene rings is 2. The number of carbonyl (C=O) groups excluding carboxylic acids is 3. The van der Waals surface area contributed by atoms with Crippen molar-refractivity contribution in [3.05, 3.63) is 58.1 Å². The number of ketones is 3. The average Bonchev–Trinajstić information content (AvgIpc) is 2.88. The fourth-order valence-corrected chi connectivity index (χ4v) is 6.79. The Morgan fingerprint density at radius 2 is 1.57 bits per heavy atom. The van der Waals surface area contributed by atoms with Crippen LogP contribution in [0.2, 0.25) is 0 Å². The maximum Gasteiger partial charge on any atom is 0.163 e. The van der Waals surface area contributed by atoms with Gasteiger partial charge in [0.25, 0.3) is 0 Å². The highest BCUT2D eigenvalue weighted by Gasteiger charge is 2.35. The van der Waals surface area contributed by atoms with Crippen LogP contribution in [0.4, 0.5) is 0 Å². The Balaban J connectivity index is 0.00000197. The topological polar surface area (TPSA) is 51.2 Å². The van der Waals surface area contributed by atoms with Crippen LogP contribution in [0.5, 0.6) is 0 Å². The van der Waals surface area contributed by atoms with Crippen LogP contribution in [0, 0.1) is 24.7 Å². The van der Waals surface area contributed by atoms with Gasteiger partial charge in [-0.15, -0.1) is 0 Å². The molecule has 232 valence electrons. The van der Waals surface area contributed by atoms with E-state index in [1.54, 1.807) is 0 Å². The predicted octanol–water partition coefficient (Wildman–Crippen LogP) is 10.6. The van der Waals surface area contributed by atoms with Crippen LogP contribution in [-0.4, -0.2) is 17.3 Å². The lowest BCUT2D eigenvalue weighted by Crippen LogP contribution is -2.30. The van der Waals surface area contributed by atoms with Gasteiger partial charge in [0.05, 0.1) is 6.42 Å². The second kappa shape index (κ2) is 15.8. The molecule has 3 nitrogen and oxygen atoms in total. The maximum absolute atomic E-state index is 13.8. The van der Waals surface area contributed by atoms with Gasteiger partial charge in [-0.05, 0) is 89.7 Å². The lowest BCUT2D eigenvalue weighted by atomic mass is 9.70. The van der Waals surface area contributed by atoms with E-state index in [1.807, 2.05) is 0 Å². The molecule has 0 saturated heterocycles. The van der Waals surface area contributed by atoms with Crippen molar-refractivity contribution in [1.82, 2.24) is 0 Å². The monoisotopic (exact) mass is 574 g/mol. The van der Waals surface area contributed by atoms with Crippen molar-refractivity contribution in [3.63, 3.8) is 0 Å². The van der Waals surface area contributed by atoms with Crippen LogP contribution in [0.1, 0.15) is 153 Å². The number of Topliss-reactive ketones (excluding diaryl/α,β-unsaturated/α-hetero) is 3. The normalized spacial score (nSPS) is 16.4. The molecule has 0 amide bonds. The Morgan fingerprint density at radius 3 is 2.05 bits per heavy atom. The SMILES string of the molecule is CCC.CCCC(CC1CC(=O)c2c(C)c(-c3ccc(C(C)(C)C)cc3)cc(C(C)C)c2C1)C(CC)C(=O)CC(C)=O.